The molecule has 0 spiro atoms. The average Bonchev–Trinajstić information content (AvgIpc) is 3.69. The molecule has 6 rings (SSSR count). The number of nitrogen functional groups attached to an aromatic ring is 1. The van der Waals surface area contributed by atoms with Gasteiger partial charge in [0.05, 0.1) is 41.1 Å². The molecule has 4 atom stereocenters. The minimum absolute atomic E-state index is 0.00397. The number of nitrogens with one attached hydrogen (secondary N) is 2. The van der Waals surface area contributed by atoms with Crippen molar-refractivity contribution >= 4 is 52.7 Å². The molecule has 2 aliphatic rings. The van der Waals surface area contributed by atoms with E-state index in [1.54, 1.807) is 18.2 Å². The number of carbonyl (C=O) groups excluding carboxylic acids is 1. The summed E-state index contributed by atoms with van der Waals surface area (Å²) < 4.78 is 67.8. The molecule has 0 unspecified atom stereocenters. The first-order valence-electron chi connectivity index (χ1n) is 12.1. The highest BCUT2D eigenvalue weighted by atomic mass is 32.2. The molecule has 2 aromatic heterocycles. The largest absolute Gasteiger partial charge is 0.550 e. The molecule has 0 radical (unpaired) electrons. The van der Waals surface area contributed by atoms with E-state index in [2.05, 4.69) is 30.3 Å². The van der Waals surface area contributed by atoms with Gasteiger partial charge in [-0.05, 0) is 29.8 Å². The number of primary sulfonamides is 1. The number of para-hydroxylation sites is 1. The number of carbonyl (C=O) groups is 1. The van der Waals surface area contributed by atoms with Crippen LogP contribution in [0.25, 0.3) is 32.7 Å². The molecule has 2 fully saturated rings. The fourth-order valence-electron chi connectivity index (χ4n) is 4.85. The number of carboxylic acid groups (broad SMARTS) is 1. The van der Waals surface area contributed by atoms with Crippen molar-refractivity contribution in [2.45, 2.75) is 41.0 Å². The standard InChI is InChI=1S/C20H21N9O6S3.C2H4O2/c21-10-6-34-17-11(7-35-16(10)17)27-38(32,33)13-5-4-8(9-2-1-3-12-15(9)24-20(22)36-12)14(18(13)37(23,30)31)19-25-28-29-26-19;1-2(3)4/h1-5,10-11,16-17,27H,6-7,21H2,(H2,22,24)(H2,23,30,31)(H,25,26,28,29);1H3,(H,3,4)/p-1/t10-,11+,16-,17-;/m1./s1. The number of nitrogens with zero attached hydrogens (tertiary/aromatic N) is 4. The number of aromatic nitrogens is 5. The molecule has 20 heteroatoms. The van der Waals surface area contributed by atoms with Gasteiger partial charge in [0.2, 0.25) is 25.9 Å². The van der Waals surface area contributed by atoms with E-state index in [-0.39, 0.29) is 30.2 Å². The van der Waals surface area contributed by atoms with E-state index in [1.165, 1.54) is 17.4 Å². The number of nitrogens with two attached hydrogens (primary N) is 3. The van der Waals surface area contributed by atoms with Crippen LogP contribution in [0.2, 0.25) is 0 Å². The maximum atomic E-state index is 13.6. The lowest BCUT2D eigenvalue weighted by atomic mass is 9.98. The number of hydrogen-bond donors (Lipinski definition) is 5. The molecule has 4 heterocycles. The quantitative estimate of drug-likeness (QED) is 0.151. The third kappa shape index (κ3) is 5.70. The van der Waals surface area contributed by atoms with Crippen LogP contribution >= 0.6 is 11.3 Å². The summed E-state index contributed by atoms with van der Waals surface area (Å²) in [6, 6.07) is 6.63. The second-order valence-electron chi connectivity index (χ2n) is 9.28. The number of carboxylic acids is 1. The molecule has 2 aliphatic heterocycles. The Labute approximate surface area is 242 Å². The third-order valence-corrected chi connectivity index (χ3v) is 9.89. The summed E-state index contributed by atoms with van der Waals surface area (Å²) in [7, 11) is -9.17. The summed E-state index contributed by atoms with van der Waals surface area (Å²) in [5.74, 6) is -1.27. The number of ether oxygens (including phenoxy) is 2. The van der Waals surface area contributed by atoms with Crippen LogP contribution in [-0.2, 0) is 34.3 Å². The number of fused-ring (bicyclic) bond motifs is 2. The zero-order valence-electron chi connectivity index (χ0n) is 21.6. The van der Waals surface area contributed by atoms with Crippen molar-refractivity contribution in [1.82, 2.24) is 30.3 Å². The molecule has 42 heavy (non-hydrogen) atoms. The summed E-state index contributed by atoms with van der Waals surface area (Å²) in [4.78, 5) is 11.9. The van der Waals surface area contributed by atoms with E-state index in [4.69, 9.17) is 36.0 Å². The van der Waals surface area contributed by atoms with Crippen molar-refractivity contribution in [2.75, 3.05) is 18.9 Å². The fraction of sp³-hybridized carbons (Fsp3) is 0.318. The van der Waals surface area contributed by atoms with Gasteiger partial charge >= 0.3 is 0 Å². The number of tetrazole rings is 1. The first-order chi connectivity index (χ1) is 19.8. The molecular weight excluding hydrogens is 614 g/mol. The highest BCUT2D eigenvalue weighted by molar-refractivity contribution is 7.92. The Hall–Kier alpha value is -3.63. The van der Waals surface area contributed by atoms with Crippen molar-refractivity contribution in [3.63, 3.8) is 0 Å². The highest BCUT2D eigenvalue weighted by Crippen LogP contribution is 2.42. The van der Waals surface area contributed by atoms with Crippen molar-refractivity contribution < 1.29 is 36.2 Å². The van der Waals surface area contributed by atoms with E-state index in [9.17, 15) is 16.8 Å². The first-order valence-corrected chi connectivity index (χ1v) is 15.9. The number of sulfonamides is 2. The normalized spacial score (nSPS) is 22.1. The molecule has 8 N–H and O–H groups in total. The summed E-state index contributed by atoms with van der Waals surface area (Å²) in [5, 5.41) is 28.5. The number of benzene rings is 2. The Morgan fingerprint density at radius 2 is 1.83 bits per heavy atom. The fourth-order valence-corrected chi connectivity index (χ4v) is 8.44. The van der Waals surface area contributed by atoms with Crippen LogP contribution in [0.1, 0.15) is 6.92 Å². The first kappa shape index (κ1) is 29.8. The Kier molecular flexibility index (Phi) is 7.98. The highest BCUT2D eigenvalue weighted by Gasteiger charge is 2.48. The Bertz CT molecular complexity index is 1860. The molecule has 0 saturated carbocycles. The van der Waals surface area contributed by atoms with Gasteiger partial charge in [0.25, 0.3) is 0 Å². The van der Waals surface area contributed by atoms with E-state index in [0.29, 0.717) is 16.2 Å². The lowest BCUT2D eigenvalue weighted by molar-refractivity contribution is -0.302. The molecule has 2 aromatic carbocycles. The van der Waals surface area contributed by atoms with E-state index >= 15 is 0 Å². The molecular formula is C22H24N9O8S3-. The summed E-state index contributed by atoms with van der Waals surface area (Å²) in [6.45, 7) is 1.18. The van der Waals surface area contributed by atoms with Crippen LogP contribution < -0.4 is 26.4 Å². The number of anilines is 1. The zero-order chi connectivity index (χ0) is 30.4. The van der Waals surface area contributed by atoms with Gasteiger partial charge in [-0.15, -0.1) is 10.2 Å². The number of aromatic amines is 1. The van der Waals surface area contributed by atoms with Crippen LogP contribution in [0.4, 0.5) is 5.13 Å². The Balaban J connectivity index is 0.000000830. The van der Waals surface area contributed by atoms with Gasteiger partial charge < -0.3 is 30.8 Å². The number of aliphatic carboxylic acids is 1. The second kappa shape index (κ2) is 11.2. The average molecular weight is 639 g/mol. The zero-order valence-corrected chi connectivity index (χ0v) is 24.1. The van der Waals surface area contributed by atoms with Crippen LogP contribution in [0.15, 0.2) is 40.1 Å². The van der Waals surface area contributed by atoms with Crippen molar-refractivity contribution in [3.05, 3.63) is 30.3 Å². The number of rotatable bonds is 6. The second-order valence-corrected chi connectivity index (χ2v) is 13.5. The number of thiazole rings is 1. The van der Waals surface area contributed by atoms with Crippen LogP contribution in [0.3, 0.4) is 0 Å². The Morgan fingerprint density at radius 1 is 1.12 bits per heavy atom. The summed E-state index contributed by atoms with van der Waals surface area (Å²) >= 11 is 1.24. The molecule has 224 valence electrons. The molecule has 4 aromatic rings. The molecule has 0 aliphatic carbocycles. The lowest BCUT2D eigenvalue weighted by Gasteiger charge is -2.20. The van der Waals surface area contributed by atoms with Gasteiger partial charge in [0.1, 0.15) is 22.0 Å². The van der Waals surface area contributed by atoms with E-state index in [0.717, 1.165) is 17.7 Å². The van der Waals surface area contributed by atoms with Crippen molar-refractivity contribution in [1.29, 1.82) is 0 Å². The van der Waals surface area contributed by atoms with Crippen LogP contribution in [0.5, 0.6) is 0 Å². The predicted octanol–water partition coefficient (Wildman–Crippen LogP) is -2.10. The maximum absolute atomic E-state index is 13.6. The van der Waals surface area contributed by atoms with Crippen molar-refractivity contribution in [2.24, 2.45) is 10.9 Å². The van der Waals surface area contributed by atoms with Gasteiger partial charge in [0.15, 0.2) is 5.13 Å². The minimum atomic E-state index is -4.68. The number of H-pyrrole nitrogens is 1. The monoisotopic (exact) mass is 638 g/mol. The van der Waals surface area contributed by atoms with Crippen LogP contribution in [0, 0.1) is 0 Å². The van der Waals surface area contributed by atoms with Crippen molar-refractivity contribution in [3.8, 4) is 22.5 Å². The third-order valence-electron chi connectivity index (χ3n) is 6.39. The van der Waals surface area contributed by atoms with Crippen LogP contribution in [-0.4, -0.2) is 85.9 Å². The van der Waals surface area contributed by atoms with Gasteiger partial charge in [-0.3, -0.25) is 0 Å². The molecule has 2 saturated heterocycles. The van der Waals surface area contributed by atoms with Gasteiger partial charge in [0, 0.05) is 11.5 Å². The molecule has 0 amide bonds. The Morgan fingerprint density at radius 3 is 2.50 bits per heavy atom. The van der Waals surface area contributed by atoms with Gasteiger partial charge in [-0.25, -0.2) is 31.7 Å². The van der Waals surface area contributed by atoms with Gasteiger partial charge in [-0.1, -0.05) is 29.5 Å². The summed E-state index contributed by atoms with van der Waals surface area (Å²) in [5.41, 5.74) is 12.9. The van der Waals surface area contributed by atoms with E-state index < -0.39 is 60.1 Å². The van der Waals surface area contributed by atoms with Gasteiger partial charge in [-0.2, -0.15) is 5.21 Å². The molecule has 0 bridgehead atoms. The smallest absolute Gasteiger partial charge is 0.242 e. The minimum Gasteiger partial charge on any atom is -0.550 e. The molecule has 17 nitrogen and oxygen atoms in total. The topological polar surface area (TPSA) is 284 Å². The SMILES string of the molecule is CC(=O)[O-].Nc1nc2c(-c3ccc(S(=O)(=O)N[C@H]4CO[C@H]5[C@@H]4OC[C@H]5N)c(S(N)(=O)=O)c3-c3nn[nH]n3)cccc2s1. The summed E-state index contributed by atoms with van der Waals surface area (Å²) in [6.07, 6.45) is -1.11. The van der Waals surface area contributed by atoms with E-state index in [1.807, 2.05) is 0 Å². The lowest BCUT2D eigenvalue weighted by Crippen LogP contribution is -2.45. The predicted molar refractivity (Wildman–Crippen MR) is 146 cm³/mol. The maximum Gasteiger partial charge on any atom is 0.242 e. The number of hydrogen-bond acceptors (Lipinski definition) is 15.